The van der Waals surface area contributed by atoms with E-state index in [0.717, 1.165) is 28.2 Å². The monoisotopic (exact) mass is 257 g/mol. The number of nitrogens with two attached hydrogens (primary N) is 1. The molecule has 0 radical (unpaired) electrons. The zero-order chi connectivity index (χ0) is 13.6. The lowest BCUT2D eigenvalue weighted by atomic mass is 10.3. The molecule has 0 unspecified atom stereocenters. The summed E-state index contributed by atoms with van der Waals surface area (Å²) >= 11 is 0. The number of nitrogens with zero attached hydrogens (tertiary/aromatic N) is 4. The summed E-state index contributed by atoms with van der Waals surface area (Å²) < 4.78 is 8.90. The van der Waals surface area contributed by atoms with Gasteiger partial charge in [0.1, 0.15) is 5.75 Å². The molecular weight excluding hydrogens is 242 g/mol. The lowest BCUT2D eigenvalue weighted by Gasteiger charge is -2.05. The molecule has 98 valence electrons. The highest BCUT2D eigenvalue weighted by molar-refractivity contribution is 5.82. The van der Waals surface area contributed by atoms with Gasteiger partial charge in [-0.1, -0.05) is 0 Å². The van der Waals surface area contributed by atoms with Crippen LogP contribution in [0.4, 0.5) is 5.95 Å². The Kier molecular flexibility index (Phi) is 2.45. The highest BCUT2D eigenvalue weighted by Crippen LogP contribution is 2.27. The van der Waals surface area contributed by atoms with Crippen LogP contribution in [0.15, 0.2) is 24.4 Å². The Balaban J connectivity index is 2.33. The van der Waals surface area contributed by atoms with E-state index in [1.165, 1.54) is 0 Å². The zero-order valence-corrected chi connectivity index (χ0v) is 11.1. The van der Waals surface area contributed by atoms with E-state index >= 15 is 0 Å². The van der Waals surface area contributed by atoms with Crippen molar-refractivity contribution in [2.75, 3.05) is 12.8 Å². The van der Waals surface area contributed by atoms with Crippen molar-refractivity contribution < 1.29 is 4.74 Å². The average molecular weight is 257 g/mol. The summed E-state index contributed by atoms with van der Waals surface area (Å²) in [5, 5.41) is 4.34. The maximum Gasteiger partial charge on any atom is 0.206 e. The van der Waals surface area contributed by atoms with Crippen molar-refractivity contribution in [3.8, 4) is 11.4 Å². The Morgan fingerprint density at radius 1 is 1.32 bits per heavy atom. The fraction of sp³-hybridized carbons (Fsp3) is 0.231. The molecule has 0 saturated carbocycles. The molecule has 0 aliphatic heterocycles. The molecule has 0 bridgehead atoms. The Hall–Kier alpha value is -2.50. The van der Waals surface area contributed by atoms with Crippen LogP contribution in [0.25, 0.3) is 16.7 Å². The van der Waals surface area contributed by atoms with Crippen molar-refractivity contribution in [3.05, 3.63) is 30.1 Å². The third-order valence-electron chi connectivity index (χ3n) is 3.12. The minimum Gasteiger partial charge on any atom is -0.497 e. The fourth-order valence-corrected chi connectivity index (χ4v) is 2.26. The number of methoxy groups -OCH3 is 1. The lowest BCUT2D eigenvalue weighted by molar-refractivity contribution is 0.415. The van der Waals surface area contributed by atoms with Gasteiger partial charge in [0.05, 0.1) is 29.5 Å². The molecule has 0 saturated heterocycles. The molecule has 6 nitrogen and oxygen atoms in total. The van der Waals surface area contributed by atoms with Gasteiger partial charge in [0, 0.05) is 19.3 Å². The van der Waals surface area contributed by atoms with Crippen LogP contribution >= 0.6 is 0 Å². The molecule has 19 heavy (non-hydrogen) atoms. The van der Waals surface area contributed by atoms with Crippen molar-refractivity contribution in [1.82, 2.24) is 19.3 Å². The number of fused-ring (bicyclic) bond motifs is 1. The smallest absolute Gasteiger partial charge is 0.206 e. The normalized spacial score (nSPS) is 11.1. The van der Waals surface area contributed by atoms with E-state index in [1.54, 1.807) is 11.8 Å². The molecule has 0 amide bonds. The number of anilines is 1. The van der Waals surface area contributed by atoms with Crippen LogP contribution < -0.4 is 10.5 Å². The van der Waals surface area contributed by atoms with Crippen LogP contribution in [0.5, 0.6) is 5.75 Å². The maximum absolute atomic E-state index is 6.03. The minimum absolute atomic E-state index is 0.444. The molecule has 0 atom stereocenters. The molecule has 3 rings (SSSR count). The third kappa shape index (κ3) is 1.72. The SMILES string of the molecule is COc1ccc2nc(N)n(-c3cn(C)nc3C)c2c1. The van der Waals surface area contributed by atoms with E-state index in [-0.39, 0.29) is 0 Å². The number of benzene rings is 1. The number of hydrogen-bond acceptors (Lipinski definition) is 4. The van der Waals surface area contributed by atoms with Crippen molar-refractivity contribution >= 4 is 17.0 Å². The van der Waals surface area contributed by atoms with E-state index in [9.17, 15) is 0 Å². The highest BCUT2D eigenvalue weighted by atomic mass is 16.5. The summed E-state index contributed by atoms with van der Waals surface area (Å²) in [4.78, 5) is 4.36. The molecular formula is C13H15N5O. The average Bonchev–Trinajstić information content (AvgIpc) is 2.86. The number of ether oxygens (including phenoxy) is 1. The van der Waals surface area contributed by atoms with Crippen LogP contribution in [-0.2, 0) is 7.05 Å². The molecule has 1 aromatic carbocycles. The van der Waals surface area contributed by atoms with Gasteiger partial charge in [0.15, 0.2) is 0 Å². The van der Waals surface area contributed by atoms with Gasteiger partial charge < -0.3 is 10.5 Å². The van der Waals surface area contributed by atoms with Gasteiger partial charge in [0.25, 0.3) is 0 Å². The van der Waals surface area contributed by atoms with E-state index in [1.807, 2.05) is 42.9 Å². The van der Waals surface area contributed by atoms with Gasteiger partial charge in [0.2, 0.25) is 5.95 Å². The van der Waals surface area contributed by atoms with Crippen molar-refractivity contribution in [3.63, 3.8) is 0 Å². The first-order valence-electron chi connectivity index (χ1n) is 5.92. The predicted octanol–water partition coefficient (Wildman–Crippen LogP) is 1.66. The second-order valence-corrected chi connectivity index (χ2v) is 4.43. The minimum atomic E-state index is 0.444. The zero-order valence-electron chi connectivity index (χ0n) is 11.1. The Morgan fingerprint density at radius 2 is 2.11 bits per heavy atom. The first-order valence-corrected chi connectivity index (χ1v) is 5.92. The summed E-state index contributed by atoms with van der Waals surface area (Å²) in [6, 6.07) is 5.69. The summed E-state index contributed by atoms with van der Waals surface area (Å²) in [5.74, 6) is 1.22. The number of nitrogen functional groups attached to an aromatic ring is 1. The topological polar surface area (TPSA) is 70.9 Å². The summed E-state index contributed by atoms with van der Waals surface area (Å²) in [6.07, 6.45) is 1.92. The number of imidazole rings is 1. The molecule has 0 spiro atoms. The van der Waals surface area contributed by atoms with Crippen molar-refractivity contribution in [1.29, 1.82) is 0 Å². The van der Waals surface area contributed by atoms with Crippen molar-refractivity contribution in [2.24, 2.45) is 7.05 Å². The van der Waals surface area contributed by atoms with E-state index < -0.39 is 0 Å². The standard InChI is InChI=1S/C13H15N5O/c1-8-12(7-17(2)16-8)18-11-6-9(19-3)4-5-10(11)15-13(18)14/h4-7H,1-3H3,(H2,14,15). The van der Waals surface area contributed by atoms with Crippen LogP contribution in [0.3, 0.4) is 0 Å². The first-order chi connectivity index (χ1) is 9.10. The Morgan fingerprint density at radius 3 is 2.74 bits per heavy atom. The van der Waals surface area contributed by atoms with Gasteiger partial charge >= 0.3 is 0 Å². The number of rotatable bonds is 2. The Labute approximate surface area is 110 Å². The number of aromatic nitrogens is 4. The molecule has 0 fully saturated rings. The largest absolute Gasteiger partial charge is 0.497 e. The van der Waals surface area contributed by atoms with Crippen LogP contribution in [0, 0.1) is 6.92 Å². The predicted molar refractivity (Wildman–Crippen MR) is 73.5 cm³/mol. The summed E-state index contributed by atoms with van der Waals surface area (Å²) in [6.45, 7) is 1.95. The number of hydrogen-bond donors (Lipinski definition) is 1. The van der Waals surface area contributed by atoms with E-state index in [0.29, 0.717) is 5.95 Å². The number of aryl methyl sites for hydroxylation is 2. The quantitative estimate of drug-likeness (QED) is 0.758. The van der Waals surface area contributed by atoms with Gasteiger partial charge in [-0.2, -0.15) is 5.10 Å². The second-order valence-electron chi connectivity index (χ2n) is 4.43. The molecule has 0 aliphatic carbocycles. The summed E-state index contributed by atoms with van der Waals surface area (Å²) in [5.41, 5.74) is 9.60. The van der Waals surface area contributed by atoms with Crippen LogP contribution in [0.1, 0.15) is 5.69 Å². The molecule has 3 aromatic rings. The van der Waals surface area contributed by atoms with Gasteiger partial charge in [-0.25, -0.2) is 4.98 Å². The molecule has 0 aliphatic rings. The van der Waals surface area contributed by atoms with Crippen LogP contribution in [0.2, 0.25) is 0 Å². The van der Waals surface area contributed by atoms with Gasteiger partial charge in [-0.15, -0.1) is 0 Å². The molecule has 6 heteroatoms. The first kappa shape index (κ1) is 11.6. The molecule has 2 aromatic heterocycles. The second kappa shape index (κ2) is 4.01. The van der Waals surface area contributed by atoms with Gasteiger partial charge in [-0.05, 0) is 19.1 Å². The summed E-state index contributed by atoms with van der Waals surface area (Å²) in [7, 11) is 3.52. The van der Waals surface area contributed by atoms with Crippen LogP contribution in [-0.4, -0.2) is 26.4 Å². The van der Waals surface area contributed by atoms with E-state index in [4.69, 9.17) is 10.5 Å². The maximum atomic E-state index is 6.03. The highest BCUT2D eigenvalue weighted by Gasteiger charge is 2.14. The molecule has 2 heterocycles. The third-order valence-corrected chi connectivity index (χ3v) is 3.12. The van der Waals surface area contributed by atoms with Crippen molar-refractivity contribution in [2.45, 2.75) is 6.92 Å². The van der Waals surface area contributed by atoms with E-state index in [2.05, 4.69) is 10.1 Å². The Bertz CT molecular complexity index is 756. The van der Waals surface area contributed by atoms with Gasteiger partial charge in [-0.3, -0.25) is 9.25 Å². The fourth-order valence-electron chi connectivity index (χ4n) is 2.26. The molecule has 2 N–H and O–H groups in total. The lowest BCUT2D eigenvalue weighted by Crippen LogP contribution is -2.01.